The van der Waals surface area contributed by atoms with Crippen LogP contribution in [0.25, 0.3) is 0 Å². The Kier molecular flexibility index (Phi) is 3.52. The van der Waals surface area contributed by atoms with Gasteiger partial charge in [0, 0.05) is 0 Å². The summed E-state index contributed by atoms with van der Waals surface area (Å²) in [6.45, 7) is 5.87. The first-order valence-corrected chi connectivity index (χ1v) is 6.54. The molecule has 0 aromatic heterocycles. The molecule has 0 aromatic carbocycles. The molecule has 2 rings (SSSR count). The lowest BCUT2D eigenvalue weighted by atomic mass is 9.75. The normalized spacial score (nSPS) is 27.4. The van der Waals surface area contributed by atoms with E-state index in [4.69, 9.17) is 9.47 Å². The molecule has 0 radical (unpaired) electrons. The molecular weight excluding hydrogens is 244 g/mol. The minimum absolute atomic E-state index is 0.0564. The summed E-state index contributed by atoms with van der Waals surface area (Å²) < 4.78 is 9.77. The van der Waals surface area contributed by atoms with Gasteiger partial charge in [-0.3, -0.25) is 9.59 Å². The zero-order chi connectivity index (χ0) is 14.2. The van der Waals surface area contributed by atoms with E-state index in [1.165, 1.54) is 14.2 Å². The van der Waals surface area contributed by atoms with E-state index in [9.17, 15) is 9.59 Å². The molecule has 4 heteroatoms. The molecule has 0 N–H and O–H groups in total. The number of rotatable bonds is 3. The van der Waals surface area contributed by atoms with Crippen molar-refractivity contribution >= 4 is 11.9 Å². The van der Waals surface area contributed by atoms with Gasteiger partial charge in [-0.15, -0.1) is 0 Å². The number of hydrogen-bond acceptors (Lipinski definition) is 4. The number of esters is 2. The van der Waals surface area contributed by atoms with Crippen LogP contribution >= 0.6 is 0 Å². The second-order valence-corrected chi connectivity index (χ2v) is 5.38. The average molecular weight is 264 g/mol. The zero-order valence-corrected chi connectivity index (χ0v) is 11.7. The highest BCUT2D eigenvalue weighted by molar-refractivity contribution is 6.03. The van der Waals surface area contributed by atoms with Gasteiger partial charge in [0.05, 0.1) is 14.2 Å². The molecule has 0 heterocycles. The van der Waals surface area contributed by atoms with Crippen LogP contribution in [0.5, 0.6) is 0 Å². The first-order valence-electron chi connectivity index (χ1n) is 6.54. The maximum absolute atomic E-state index is 12.2. The lowest BCUT2D eigenvalue weighted by Gasteiger charge is -2.28. The van der Waals surface area contributed by atoms with Crippen molar-refractivity contribution in [3.05, 3.63) is 23.8 Å². The molecule has 0 saturated heterocycles. The number of carbonyl (C=O) groups excluding carboxylic acids is 2. The van der Waals surface area contributed by atoms with Crippen molar-refractivity contribution in [3.8, 4) is 0 Å². The second kappa shape index (κ2) is 4.83. The third kappa shape index (κ3) is 1.81. The topological polar surface area (TPSA) is 52.6 Å². The standard InChI is InChI=1S/C15H20O4/c1-9(2)11-8-15(13(16)18-3,14(17)19-4)12-7-5-6-10(11)12/h8,10,12H,1,5-7H2,2-4H3/t10-,12-/m1/s1. The third-order valence-corrected chi connectivity index (χ3v) is 4.42. The first-order chi connectivity index (χ1) is 8.98. The van der Waals surface area contributed by atoms with Gasteiger partial charge in [0.1, 0.15) is 0 Å². The van der Waals surface area contributed by atoms with Crippen LogP contribution in [0.3, 0.4) is 0 Å². The van der Waals surface area contributed by atoms with Gasteiger partial charge >= 0.3 is 11.9 Å². The molecule has 0 spiro atoms. The van der Waals surface area contributed by atoms with Crippen LogP contribution in [0.1, 0.15) is 26.2 Å². The summed E-state index contributed by atoms with van der Waals surface area (Å²) in [5.41, 5.74) is 0.642. The number of carbonyl (C=O) groups is 2. The lowest BCUT2D eigenvalue weighted by Crippen LogP contribution is -2.44. The summed E-state index contributed by atoms with van der Waals surface area (Å²) in [7, 11) is 2.62. The fraction of sp³-hybridized carbons (Fsp3) is 0.600. The Morgan fingerprint density at radius 3 is 2.32 bits per heavy atom. The molecule has 0 aromatic rings. The summed E-state index contributed by atoms with van der Waals surface area (Å²) in [5.74, 6) is -0.880. The molecule has 2 atom stereocenters. The van der Waals surface area contributed by atoms with Crippen molar-refractivity contribution in [2.75, 3.05) is 14.2 Å². The Labute approximate surface area is 113 Å². The van der Waals surface area contributed by atoms with Crippen molar-refractivity contribution in [1.82, 2.24) is 0 Å². The molecule has 1 saturated carbocycles. The largest absolute Gasteiger partial charge is 0.468 e. The summed E-state index contributed by atoms with van der Waals surface area (Å²) >= 11 is 0. The van der Waals surface area contributed by atoms with Crippen LogP contribution in [0.4, 0.5) is 0 Å². The average Bonchev–Trinajstić information content (AvgIpc) is 2.97. The van der Waals surface area contributed by atoms with Crippen LogP contribution in [-0.4, -0.2) is 26.2 Å². The maximum atomic E-state index is 12.2. The Balaban J connectivity index is 2.56. The van der Waals surface area contributed by atoms with E-state index >= 15 is 0 Å². The smallest absolute Gasteiger partial charge is 0.327 e. The molecule has 0 amide bonds. The molecule has 2 aliphatic carbocycles. The molecule has 0 bridgehead atoms. The number of allylic oxidation sites excluding steroid dienone is 2. The van der Waals surface area contributed by atoms with Crippen molar-refractivity contribution in [1.29, 1.82) is 0 Å². The quantitative estimate of drug-likeness (QED) is 0.579. The van der Waals surface area contributed by atoms with E-state index in [0.717, 1.165) is 30.4 Å². The Bertz CT molecular complexity index is 445. The van der Waals surface area contributed by atoms with E-state index in [-0.39, 0.29) is 11.8 Å². The molecule has 104 valence electrons. The monoisotopic (exact) mass is 264 g/mol. The molecule has 0 unspecified atom stereocenters. The molecule has 1 fully saturated rings. The minimum Gasteiger partial charge on any atom is -0.468 e. The summed E-state index contributed by atoms with van der Waals surface area (Å²) in [6.07, 6.45) is 4.57. The van der Waals surface area contributed by atoms with Gasteiger partial charge in [-0.05, 0) is 37.2 Å². The minimum atomic E-state index is -1.28. The highest BCUT2D eigenvalue weighted by Crippen LogP contribution is 2.56. The number of hydrogen-bond donors (Lipinski definition) is 0. The van der Waals surface area contributed by atoms with Gasteiger partial charge in [0.15, 0.2) is 5.41 Å². The van der Waals surface area contributed by atoms with Crippen LogP contribution in [0.2, 0.25) is 0 Å². The van der Waals surface area contributed by atoms with Crippen molar-refractivity contribution in [2.45, 2.75) is 26.2 Å². The SMILES string of the molecule is C=C(C)C1=CC(C(=O)OC)(C(=O)OC)[C@@H]2CCC[C@H]12. The predicted molar refractivity (Wildman–Crippen MR) is 70.2 cm³/mol. The fourth-order valence-corrected chi connectivity index (χ4v) is 3.62. The van der Waals surface area contributed by atoms with E-state index in [0.29, 0.717) is 0 Å². The Morgan fingerprint density at radius 2 is 1.84 bits per heavy atom. The predicted octanol–water partition coefficient (Wildman–Crippen LogP) is 2.25. The van der Waals surface area contributed by atoms with Gasteiger partial charge in [-0.2, -0.15) is 0 Å². The Hall–Kier alpha value is -1.58. The molecule has 19 heavy (non-hydrogen) atoms. The maximum Gasteiger partial charge on any atom is 0.327 e. The number of fused-ring (bicyclic) bond motifs is 1. The van der Waals surface area contributed by atoms with Crippen molar-refractivity contribution in [2.24, 2.45) is 17.3 Å². The van der Waals surface area contributed by atoms with Crippen LogP contribution in [-0.2, 0) is 19.1 Å². The first kappa shape index (κ1) is 13.8. The van der Waals surface area contributed by atoms with Crippen molar-refractivity contribution in [3.63, 3.8) is 0 Å². The zero-order valence-electron chi connectivity index (χ0n) is 11.7. The highest BCUT2D eigenvalue weighted by Gasteiger charge is 2.61. The molecular formula is C15H20O4. The molecule has 4 nitrogen and oxygen atoms in total. The van der Waals surface area contributed by atoms with Crippen molar-refractivity contribution < 1.29 is 19.1 Å². The van der Waals surface area contributed by atoms with E-state index < -0.39 is 17.4 Å². The molecule has 2 aliphatic rings. The third-order valence-electron chi connectivity index (χ3n) is 4.42. The number of methoxy groups -OCH3 is 2. The summed E-state index contributed by atoms with van der Waals surface area (Å²) in [6, 6.07) is 0. The van der Waals surface area contributed by atoms with E-state index in [1.54, 1.807) is 6.08 Å². The fourth-order valence-electron chi connectivity index (χ4n) is 3.62. The van der Waals surface area contributed by atoms with E-state index in [2.05, 4.69) is 6.58 Å². The summed E-state index contributed by atoms with van der Waals surface area (Å²) in [4.78, 5) is 24.5. The highest BCUT2D eigenvalue weighted by atomic mass is 16.5. The summed E-state index contributed by atoms with van der Waals surface area (Å²) in [5, 5.41) is 0. The second-order valence-electron chi connectivity index (χ2n) is 5.38. The van der Waals surface area contributed by atoms with Gasteiger partial charge < -0.3 is 9.47 Å². The lowest BCUT2D eigenvalue weighted by molar-refractivity contribution is -0.168. The van der Waals surface area contributed by atoms with Gasteiger partial charge in [-0.25, -0.2) is 0 Å². The molecule has 0 aliphatic heterocycles. The van der Waals surface area contributed by atoms with Crippen LogP contribution < -0.4 is 0 Å². The van der Waals surface area contributed by atoms with Gasteiger partial charge in [0.2, 0.25) is 0 Å². The number of ether oxygens (including phenoxy) is 2. The van der Waals surface area contributed by atoms with Crippen LogP contribution in [0, 0.1) is 17.3 Å². The van der Waals surface area contributed by atoms with Gasteiger partial charge in [0.25, 0.3) is 0 Å². The van der Waals surface area contributed by atoms with E-state index in [1.807, 2.05) is 6.92 Å². The Morgan fingerprint density at radius 1 is 1.26 bits per heavy atom. The van der Waals surface area contributed by atoms with Crippen LogP contribution in [0.15, 0.2) is 23.8 Å². The van der Waals surface area contributed by atoms with Gasteiger partial charge in [-0.1, -0.05) is 24.6 Å².